The van der Waals surface area contributed by atoms with Gasteiger partial charge in [0.25, 0.3) is 0 Å². The summed E-state index contributed by atoms with van der Waals surface area (Å²) in [5, 5.41) is 2.80. The Hall–Kier alpha value is -1.79. The number of nitrogens with zero attached hydrogens (tertiary/aromatic N) is 1. The molecule has 0 atom stereocenters. The van der Waals surface area contributed by atoms with Gasteiger partial charge in [0.2, 0.25) is 0 Å². The lowest BCUT2D eigenvalue weighted by molar-refractivity contribution is 0.425. The molecule has 1 aromatic rings. The maximum Gasteiger partial charge on any atom is 0.194 e. The minimum atomic E-state index is -1.71. The lowest BCUT2D eigenvalue weighted by Crippen LogP contribution is -2.33. The number of nitrogens with one attached hydrogen (secondary N) is 1. The summed E-state index contributed by atoms with van der Waals surface area (Å²) < 4.78 is 52.1. The van der Waals surface area contributed by atoms with Crippen LogP contribution >= 0.6 is 0 Å². The normalized spacial score (nSPS) is 15.9. The van der Waals surface area contributed by atoms with Gasteiger partial charge in [-0.2, -0.15) is 0 Å². The zero-order chi connectivity index (χ0) is 13.3. The Morgan fingerprint density at radius 1 is 1.22 bits per heavy atom. The van der Waals surface area contributed by atoms with Gasteiger partial charge in [0.1, 0.15) is 5.82 Å². The zero-order valence-electron chi connectivity index (χ0n) is 9.31. The molecule has 0 radical (unpaired) electrons. The molecule has 2 rings (SSSR count). The van der Waals surface area contributed by atoms with E-state index in [-0.39, 0.29) is 18.1 Å². The van der Waals surface area contributed by atoms with E-state index in [0.29, 0.717) is 0 Å². The molecule has 3 nitrogen and oxygen atoms in total. The third-order valence-corrected chi connectivity index (χ3v) is 2.55. The fourth-order valence-corrected chi connectivity index (χ4v) is 1.40. The van der Waals surface area contributed by atoms with Gasteiger partial charge in [-0.15, -0.1) is 0 Å². The molecule has 0 aliphatic heterocycles. The number of halogens is 4. The van der Waals surface area contributed by atoms with Crippen LogP contribution in [-0.4, -0.2) is 12.0 Å². The molecule has 0 spiro atoms. The summed E-state index contributed by atoms with van der Waals surface area (Å²) in [6.07, 6.45) is 1.92. The highest BCUT2D eigenvalue weighted by Crippen LogP contribution is 2.20. The van der Waals surface area contributed by atoms with Crippen LogP contribution < -0.4 is 11.1 Å². The van der Waals surface area contributed by atoms with Gasteiger partial charge in [-0.1, -0.05) is 0 Å². The molecule has 1 aromatic carbocycles. The summed E-state index contributed by atoms with van der Waals surface area (Å²) >= 11 is 0. The number of guanidine groups is 1. The Morgan fingerprint density at radius 2 is 1.89 bits per heavy atom. The highest BCUT2D eigenvalue weighted by molar-refractivity contribution is 5.78. The molecule has 3 N–H and O–H groups in total. The first kappa shape index (κ1) is 12.7. The summed E-state index contributed by atoms with van der Waals surface area (Å²) in [5.41, 5.74) is 4.81. The van der Waals surface area contributed by atoms with Crippen LogP contribution in [0.1, 0.15) is 18.4 Å². The van der Waals surface area contributed by atoms with Crippen molar-refractivity contribution in [1.82, 2.24) is 5.32 Å². The van der Waals surface area contributed by atoms with Crippen molar-refractivity contribution in [2.75, 3.05) is 0 Å². The summed E-state index contributed by atoms with van der Waals surface area (Å²) in [6, 6.07) is 0.529. The summed E-state index contributed by atoms with van der Waals surface area (Å²) in [4.78, 5) is 3.68. The number of hydrogen-bond donors (Lipinski definition) is 2. The van der Waals surface area contributed by atoms with Gasteiger partial charge in [0.05, 0.1) is 6.54 Å². The third kappa shape index (κ3) is 2.72. The number of hydrogen-bond acceptors (Lipinski definition) is 1. The van der Waals surface area contributed by atoms with Crippen molar-refractivity contribution in [3.05, 3.63) is 34.9 Å². The number of aliphatic imine (C=N–C) groups is 1. The van der Waals surface area contributed by atoms with Crippen LogP contribution in [0, 0.1) is 23.3 Å². The highest BCUT2D eigenvalue weighted by atomic mass is 19.2. The molecule has 0 aromatic heterocycles. The van der Waals surface area contributed by atoms with E-state index in [1.54, 1.807) is 0 Å². The van der Waals surface area contributed by atoms with E-state index in [2.05, 4.69) is 10.3 Å². The molecule has 0 bridgehead atoms. The number of rotatable bonds is 3. The first-order valence-corrected chi connectivity index (χ1v) is 5.37. The lowest BCUT2D eigenvalue weighted by Gasteiger charge is -2.06. The minimum Gasteiger partial charge on any atom is -0.370 e. The standard InChI is InChI=1S/C11H11F4N3/c12-7-3-8(13)10(15)9(14)6(7)4-17-11(16)18-5-1-2-5/h3,5H,1-2,4H2,(H3,16,17,18). The topological polar surface area (TPSA) is 50.4 Å². The molecule has 0 unspecified atom stereocenters. The molecular formula is C11H11F4N3. The van der Waals surface area contributed by atoms with E-state index >= 15 is 0 Å². The summed E-state index contributed by atoms with van der Waals surface area (Å²) in [7, 11) is 0. The molecule has 1 saturated carbocycles. The van der Waals surface area contributed by atoms with E-state index in [0.717, 1.165) is 12.8 Å². The Kier molecular flexibility index (Phi) is 3.40. The fraction of sp³-hybridized carbons (Fsp3) is 0.364. The van der Waals surface area contributed by atoms with Crippen LogP contribution in [0.2, 0.25) is 0 Å². The predicted molar refractivity (Wildman–Crippen MR) is 57.8 cm³/mol. The molecule has 1 aliphatic carbocycles. The van der Waals surface area contributed by atoms with Crippen molar-refractivity contribution >= 4 is 5.96 Å². The van der Waals surface area contributed by atoms with Crippen molar-refractivity contribution < 1.29 is 17.6 Å². The van der Waals surface area contributed by atoms with Gasteiger partial charge in [0.15, 0.2) is 23.4 Å². The van der Waals surface area contributed by atoms with Gasteiger partial charge in [-0.3, -0.25) is 0 Å². The minimum absolute atomic E-state index is 0.0287. The van der Waals surface area contributed by atoms with E-state index in [4.69, 9.17) is 5.73 Å². The average Bonchev–Trinajstić information content (AvgIpc) is 3.09. The lowest BCUT2D eigenvalue weighted by atomic mass is 10.2. The average molecular weight is 261 g/mol. The second-order valence-electron chi connectivity index (χ2n) is 4.07. The Labute approximate surface area is 101 Å². The van der Waals surface area contributed by atoms with Crippen molar-refractivity contribution in [2.24, 2.45) is 10.7 Å². The molecule has 98 valence electrons. The first-order valence-electron chi connectivity index (χ1n) is 5.37. The van der Waals surface area contributed by atoms with Gasteiger partial charge >= 0.3 is 0 Å². The molecule has 0 amide bonds. The van der Waals surface area contributed by atoms with Crippen LogP contribution in [-0.2, 0) is 6.54 Å². The Bertz CT molecular complexity index is 498. The maximum atomic E-state index is 13.3. The Balaban J connectivity index is 2.15. The zero-order valence-corrected chi connectivity index (χ0v) is 9.31. The van der Waals surface area contributed by atoms with Crippen molar-refractivity contribution in [3.8, 4) is 0 Å². The van der Waals surface area contributed by atoms with Crippen LogP contribution in [0.25, 0.3) is 0 Å². The SMILES string of the molecule is NC(=NCc1c(F)cc(F)c(F)c1F)NC1CC1. The van der Waals surface area contributed by atoms with Crippen LogP contribution in [0.4, 0.5) is 17.6 Å². The molecular weight excluding hydrogens is 250 g/mol. The van der Waals surface area contributed by atoms with Gasteiger partial charge in [0, 0.05) is 17.7 Å². The predicted octanol–water partition coefficient (Wildman–Crippen LogP) is 1.81. The van der Waals surface area contributed by atoms with Crippen molar-refractivity contribution in [1.29, 1.82) is 0 Å². The van der Waals surface area contributed by atoms with Gasteiger partial charge in [-0.25, -0.2) is 22.6 Å². The van der Waals surface area contributed by atoms with Crippen LogP contribution in [0.3, 0.4) is 0 Å². The van der Waals surface area contributed by atoms with E-state index in [1.165, 1.54) is 0 Å². The molecule has 7 heteroatoms. The maximum absolute atomic E-state index is 13.3. The highest BCUT2D eigenvalue weighted by Gasteiger charge is 2.22. The summed E-state index contributed by atoms with van der Waals surface area (Å²) in [5.74, 6) is -6.01. The first-order chi connectivity index (χ1) is 8.49. The number of benzene rings is 1. The second-order valence-corrected chi connectivity index (χ2v) is 4.07. The van der Waals surface area contributed by atoms with Gasteiger partial charge in [-0.05, 0) is 12.8 Å². The molecule has 0 heterocycles. The van der Waals surface area contributed by atoms with E-state index in [9.17, 15) is 17.6 Å². The molecule has 1 fully saturated rings. The van der Waals surface area contributed by atoms with E-state index < -0.39 is 35.4 Å². The van der Waals surface area contributed by atoms with Crippen LogP contribution in [0.15, 0.2) is 11.1 Å². The molecule has 0 saturated heterocycles. The van der Waals surface area contributed by atoms with Crippen molar-refractivity contribution in [2.45, 2.75) is 25.4 Å². The molecule has 18 heavy (non-hydrogen) atoms. The summed E-state index contributed by atoms with van der Waals surface area (Å²) in [6.45, 7) is -0.486. The Morgan fingerprint density at radius 3 is 2.50 bits per heavy atom. The van der Waals surface area contributed by atoms with Gasteiger partial charge < -0.3 is 11.1 Å². The number of nitrogens with two attached hydrogens (primary N) is 1. The quantitative estimate of drug-likeness (QED) is 0.286. The molecule has 1 aliphatic rings. The largest absolute Gasteiger partial charge is 0.370 e. The van der Waals surface area contributed by atoms with E-state index in [1.807, 2.05) is 0 Å². The smallest absolute Gasteiger partial charge is 0.194 e. The third-order valence-electron chi connectivity index (χ3n) is 2.55. The van der Waals surface area contributed by atoms with Crippen molar-refractivity contribution in [3.63, 3.8) is 0 Å². The second kappa shape index (κ2) is 4.83. The monoisotopic (exact) mass is 261 g/mol. The fourth-order valence-electron chi connectivity index (χ4n) is 1.40. The van der Waals surface area contributed by atoms with Crippen LogP contribution in [0.5, 0.6) is 0 Å².